The molecule has 14 aromatic carbocycles. The van der Waals surface area contributed by atoms with Crippen molar-refractivity contribution in [1.82, 2.24) is 73.9 Å². The Morgan fingerprint density at radius 1 is 0.169 bits per heavy atom. The molecule has 21 rings (SSSR count). The predicted molar refractivity (Wildman–Crippen MR) is 467 cm³/mol. The van der Waals surface area contributed by atoms with E-state index in [9.17, 15) is 5.26 Å². The monoisotopic (exact) mass is 1510 g/mol. The number of nitriles is 1. The number of hydrogen-bond acceptors (Lipinski definition) is 14. The van der Waals surface area contributed by atoms with Gasteiger partial charge in [-0.2, -0.15) is 5.26 Å². The van der Waals surface area contributed by atoms with Crippen LogP contribution in [0.3, 0.4) is 0 Å². The van der Waals surface area contributed by atoms with Gasteiger partial charge < -0.3 is 9.13 Å². The van der Waals surface area contributed by atoms with Gasteiger partial charge in [0.05, 0.1) is 44.8 Å². The fraction of sp³-hybridized carbons (Fsp3) is 0. The number of hydrogen-bond donors (Lipinski definition) is 0. The van der Waals surface area contributed by atoms with Crippen LogP contribution in [0.5, 0.6) is 0 Å². The molecule has 16 nitrogen and oxygen atoms in total. The molecule has 0 saturated heterocycles. The minimum Gasteiger partial charge on any atom is -0.308 e. The third kappa shape index (κ3) is 13.1. The Balaban J connectivity index is 0.879. The molecular weight excluding hydrogens is 1450 g/mol. The lowest BCUT2D eigenvalue weighted by atomic mass is 10.0. The Morgan fingerprint density at radius 3 is 0.576 bits per heavy atom. The average Bonchev–Trinajstić information content (AvgIpc) is 1.56. The van der Waals surface area contributed by atoms with E-state index < -0.39 is 0 Å². The molecule has 7 aromatic heterocycles. The second-order valence-electron chi connectivity index (χ2n) is 28.5. The average molecular weight is 1510 g/mol. The van der Waals surface area contributed by atoms with Crippen molar-refractivity contribution in [3.05, 3.63) is 382 Å². The highest BCUT2D eigenvalue weighted by atomic mass is 15.1. The normalized spacial score (nSPS) is 11.4. The lowest BCUT2D eigenvalue weighted by Gasteiger charge is -2.19. The standard InChI is InChI=1S/C102H62N16/c103-63-82-89(117-85-57-73(99-109-91(65-31-12-2-13-32-65)105-92(110-99)66-33-14-3-15-34-66)49-53-78(85)79-54-50-74(58-86(79)117)100-111-93(67-35-16-4-17-36-67)106-94(112-100)68-37-18-5-19-38-68)61-77(84-48-28-47-83(104-84)64-29-10-1-11-30-64)62-90(82)118-87-59-75(101-113-95(69-39-20-6-21-40-69)107-96(114-101)70-41-22-7-23-42-70)51-55-80(87)81-56-52-76(60-88(81)118)102-115-97(71-43-24-8-25-44-71)108-98(116-102)72-45-26-9-27-46-72/h1-62H. The van der Waals surface area contributed by atoms with Gasteiger partial charge in [-0.25, -0.2) is 64.8 Å². The maximum atomic E-state index is 13.0. The molecule has 0 saturated carbocycles. The van der Waals surface area contributed by atoms with Gasteiger partial charge in [0.15, 0.2) is 69.9 Å². The molecule has 0 aliphatic heterocycles. The molecule has 0 radical (unpaired) electrons. The van der Waals surface area contributed by atoms with Crippen LogP contribution >= 0.6 is 0 Å². The van der Waals surface area contributed by atoms with E-state index in [0.29, 0.717) is 120 Å². The molecule has 0 amide bonds. The van der Waals surface area contributed by atoms with Crippen molar-refractivity contribution in [3.8, 4) is 177 Å². The number of nitrogens with zero attached hydrogens (tertiary/aromatic N) is 16. The summed E-state index contributed by atoms with van der Waals surface area (Å²) in [6.45, 7) is 0. The van der Waals surface area contributed by atoms with E-state index in [1.165, 1.54) is 0 Å². The van der Waals surface area contributed by atoms with E-state index in [4.69, 9.17) is 64.8 Å². The van der Waals surface area contributed by atoms with Crippen LogP contribution < -0.4 is 0 Å². The number of fused-ring (bicyclic) bond motifs is 6. The summed E-state index contributed by atoms with van der Waals surface area (Å²) in [7, 11) is 0. The zero-order chi connectivity index (χ0) is 78.4. The first-order valence-electron chi connectivity index (χ1n) is 38.7. The fourth-order valence-electron chi connectivity index (χ4n) is 15.5. The largest absolute Gasteiger partial charge is 0.308 e. The van der Waals surface area contributed by atoms with Crippen LogP contribution in [-0.2, 0) is 0 Å². The van der Waals surface area contributed by atoms with E-state index in [-0.39, 0.29) is 0 Å². The van der Waals surface area contributed by atoms with Crippen molar-refractivity contribution in [3.63, 3.8) is 0 Å². The molecule has 21 aromatic rings. The van der Waals surface area contributed by atoms with Crippen molar-refractivity contribution in [2.45, 2.75) is 0 Å². The molecule has 16 heteroatoms. The van der Waals surface area contributed by atoms with Crippen LogP contribution in [0.15, 0.2) is 376 Å². The first-order chi connectivity index (χ1) is 58.4. The summed E-state index contributed by atoms with van der Waals surface area (Å²) < 4.78 is 4.40. The van der Waals surface area contributed by atoms with Crippen molar-refractivity contribution >= 4 is 43.6 Å². The van der Waals surface area contributed by atoms with Gasteiger partial charge in [-0.15, -0.1) is 0 Å². The van der Waals surface area contributed by atoms with Crippen LogP contribution in [0, 0.1) is 11.3 Å². The molecule has 550 valence electrons. The second kappa shape index (κ2) is 29.8. The Morgan fingerprint density at radius 2 is 0.364 bits per heavy atom. The van der Waals surface area contributed by atoms with Gasteiger partial charge in [0.1, 0.15) is 11.6 Å². The number of rotatable bonds is 16. The maximum Gasteiger partial charge on any atom is 0.164 e. The van der Waals surface area contributed by atoms with E-state index in [0.717, 1.165) is 99.4 Å². The molecule has 0 fully saturated rings. The SMILES string of the molecule is N#Cc1c(-n2c3cc(-c4nc(-c5ccccc5)nc(-c5ccccc5)n4)ccc3c3ccc(-c4nc(-c5ccccc5)nc(-c5ccccc5)n4)cc32)cc(-c2cccc(-c3ccccc3)n2)cc1-n1c2cc(-c3nc(-c4ccccc4)nc(-c4ccccc4)n3)ccc2c2ccc(-c3nc(-c4ccccc4)nc(-c4ccccc4)n3)cc21. The first-order valence-corrected chi connectivity index (χ1v) is 38.7. The van der Waals surface area contributed by atoms with Gasteiger partial charge in [0, 0.05) is 99.4 Å². The molecule has 118 heavy (non-hydrogen) atoms. The second-order valence-corrected chi connectivity index (χ2v) is 28.5. The quantitative estimate of drug-likeness (QED) is 0.0884. The smallest absolute Gasteiger partial charge is 0.164 e. The highest BCUT2D eigenvalue weighted by Crippen LogP contribution is 2.45. The summed E-state index contributed by atoms with van der Waals surface area (Å²) >= 11 is 0. The van der Waals surface area contributed by atoms with Gasteiger partial charge >= 0.3 is 0 Å². The van der Waals surface area contributed by atoms with Gasteiger partial charge in [0.25, 0.3) is 0 Å². The van der Waals surface area contributed by atoms with Crippen LogP contribution in [-0.4, -0.2) is 73.9 Å². The van der Waals surface area contributed by atoms with Crippen LogP contribution in [0.1, 0.15) is 5.56 Å². The van der Waals surface area contributed by atoms with Crippen LogP contribution in [0.2, 0.25) is 0 Å². The van der Waals surface area contributed by atoms with Gasteiger partial charge in [-0.3, -0.25) is 0 Å². The molecule has 0 aliphatic carbocycles. The Hall–Kier alpha value is -16.6. The number of pyridine rings is 1. The summed E-state index contributed by atoms with van der Waals surface area (Å²) in [6, 6.07) is 128. The molecule has 0 spiro atoms. The molecule has 0 atom stereocenters. The zero-order valence-electron chi connectivity index (χ0n) is 63.0. The van der Waals surface area contributed by atoms with Crippen molar-refractivity contribution in [2.24, 2.45) is 0 Å². The summed E-state index contributed by atoms with van der Waals surface area (Å²) in [5, 5.41) is 16.5. The van der Waals surface area contributed by atoms with Crippen molar-refractivity contribution < 1.29 is 0 Å². The third-order valence-corrected chi connectivity index (χ3v) is 21.2. The molecular formula is C102H62N16. The third-order valence-electron chi connectivity index (χ3n) is 21.2. The predicted octanol–water partition coefficient (Wildman–Crippen LogP) is 23.2. The van der Waals surface area contributed by atoms with Crippen molar-refractivity contribution in [2.75, 3.05) is 0 Å². The first kappa shape index (κ1) is 69.3. The van der Waals surface area contributed by atoms with Crippen molar-refractivity contribution in [1.29, 1.82) is 5.26 Å². The van der Waals surface area contributed by atoms with E-state index >= 15 is 0 Å². The zero-order valence-corrected chi connectivity index (χ0v) is 63.0. The van der Waals surface area contributed by atoms with Gasteiger partial charge in [0.2, 0.25) is 0 Å². The van der Waals surface area contributed by atoms with E-state index in [1.54, 1.807) is 0 Å². The number of aromatic nitrogens is 15. The molecule has 0 bridgehead atoms. The Bertz CT molecular complexity index is 6460. The highest BCUT2D eigenvalue weighted by Gasteiger charge is 2.28. The molecule has 0 unspecified atom stereocenters. The van der Waals surface area contributed by atoms with E-state index in [1.807, 2.05) is 279 Å². The van der Waals surface area contributed by atoms with Crippen LogP contribution in [0.25, 0.3) is 214 Å². The van der Waals surface area contributed by atoms with E-state index in [2.05, 4.69) is 112 Å². The Labute approximate surface area is 677 Å². The fourth-order valence-corrected chi connectivity index (χ4v) is 15.5. The maximum absolute atomic E-state index is 13.0. The minimum absolute atomic E-state index is 0.318. The lowest BCUT2D eigenvalue weighted by Crippen LogP contribution is -2.06. The highest BCUT2D eigenvalue weighted by molar-refractivity contribution is 6.13. The minimum atomic E-state index is 0.318. The summed E-state index contributed by atoms with van der Waals surface area (Å²) in [5.41, 5.74) is 16.9. The summed E-state index contributed by atoms with van der Waals surface area (Å²) in [4.78, 5) is 68.5. The van der Waals surface area contributed by atoms with Gasteiger partial charge in [-0.1, -0.05) is 328 Å². The molecule has 0 N–H and O–H groups in total. The summed E-state index contributed by atoms with van der Waals surface area (Å²) in [5.74, 6) is 5.87. The molecule has 7 heterocycles. The number of benzene rings is 14. The molecule has 0 aliphatic rings. The lowest BCUT2D eigenvalue weighted by molar-refractivity contribution is 1.07. The Kier molecular flexibility index (Phi) is 17.5. The summed E-state index contributed by atoms with van der Waals surface area (Å²) in [6.07, 6.45) is 0. The van der Waals surface area contributed by atoms with Gasteiger partial charge in [-0.05, 0) is 48.5 Å². The topological polar surface area (TPSA) is 201 Å². The van der Waals surface area contributed by atoms with Crippen LogP contribution in [0.4, 0.5) is 0 Å².